The van der Waals surface area contributed by atoms with E-state index < -0.39 is 0 Å². The van der Waals surface area contributed by atoms with Gasteiger partial charge < -0.3 is 39.1 Å². The number of piperidine rings is 6. The monoisotopic (exact) mass is 1410 g/mol. The number of unbranched alkanes of at least 4 members (excludes halogenated alkanes) is 10. The lowest BCUT2D eigenvalue weighted by Gasteiger charge is -2.53. The average molecular weight is 1410 g/mol. The van der Waals surface area contributed by atoms with Gasteiger partial charge in [0.15, 0.2) is 0 Å². The lowest BCUT2D eigenvalue weighted by Crippen LogP contribution is -2.60. The summed E-state index contributed by atoms with van der Waals surface area (Å²) in [6, 6.07) is 0. The second-order valence-electron chi connectivity index (χ2n) is 39.4. The van der Waals surface area contributed by atoms with Crippen molar-refractivity contribution < 1.29 is 57.2 Å². The number of hydrogen-bond donors (Lipinski definition) is 2. The molecule has 0 bridgehead atoms. The van der Waals surface area contributed by atoms with Crippen molar-refractivity contribution in [1.29, 1.82) is 0 Å². The van der Waals surface area contributed by atoms with Crippen LogP contribution in [0.3, 0.4) is 0 Å². The Kier molecular flexibility index (Phi) is 31.8. The summed E-state index contributed by atoms with van der Waals surface area (Å²) < 4.78 is 34.8. The van der Waals surface area contributed by atoms with Crippen molar-refractivity contribution in [1.82, 2.24) is 30.2 Å². The quantitative estimate of drug-likeness (QED) is 0.0447. The molecule has 6 fully saturated rings. The number of carbonyl (C=O) groups excluding carboxylic acids is 6. The van der Waals surface area contributed by atoms with Gasteiger partial charge in [-0.05, 0) is 220 Å². The molecule has 0 amide bonds. The third-order valence-corrected chi connectivity index (χ3v) is 23.7. The van der Waals surface area contributed by atoms with Gasteiger partial charge in [0, 0.05) is 169 Å². The molecule has 6 rings (SSSR count). The zero-order chi connectivity index (χ0) is 76.1. The van der Waals surface area contributed by atoms with Crippen LogP contribution in [0.2, 0.25) is 0 Å². The summed E-state index contributed by atoms with van der Waals surface area (Å²) in [4.78, 5) is 83.7. The maximum absolute atomic E-state index is 12.4. The second-order valence-corrected chi connectivity index (χ2v) is 39.4. The molecule has 2 N–H and O–H groups in total. The molecule has 18 heteroatoms. The predicted molar refractivity (Wildman–Crippen MR) is 404 cm³/mol. The maximum Gasteiger partial charge on any atom is 0.306 e. The Morgan fingerprint density at radius 2 is 0.360 bits per heavy atom. The first kappa shape index (κ1) is 89.0. The van der Waals surface area contributed by atoms with E-state index in [9.17, 15) is 28.8 Å². The zero-order valence-corrected chi connectivity index (χ0v) is 69.4. The molecular weight excluding hydrogens is 1260 g/mol. The van der Waals surface area contributed by atoms with Crippen LogP contribution in [0, 0.1) is 0 Å². The Morgan fingerprint density at radius 1 is 0.230 bits per heavy atom. The third-order valence-electron chi connectivity index (χ3n) is 23.7. The van der Waals surface area contributed by atoms with E-state index in [-0.39, 0.29) is 152 Å². The van der Waals surface area contributed by atoms with Gasteiger partial charge in [-0.15, -0.1) is 0 Å². The maximum atomic E-state index is 12.4. The number of carbonyl (C=O) groups is 6. The lowest BCUT2D eigenvalue weighted by molar-refractivity contribution is -0.165. The van der Waals surface area contributed by atoms with Crippen LogP contribution in [0.15, 0.2) is 0 Å². The minimum atomic E-state index is -0.308. The van der Waals surface area contributed by atoms with Crippen molar-refractivity contribution in [3.8, 4) is 0 Å². The summed E-state index contributed by atoms with van der Waals surface area (Å²) in [6.45, 7) is 52.6. The molecule has 0 aromatic heterocycles. The molecule has 0 aliphatic carbocycles. The molecule has 0 unspecified atom stereocenters. The van der Waals surface area contributed by atoms with Crippen molar-refractivity contribution in [3.05, 3.63) is 0 Å². The van der Waals surface area contributed by atoms with E-state index >= 15 is 0 Å². The van der Waals surface area contributed by atoms with Crippen LogP contribution < -0.4 is 10.6 Å². The van der Waals surface area contributed by atoms with Gasteiger partial charge >= 0.3 is 35.8 Å². The van der Waals surface area contributed by atoms with E-state index in [2.05, 4.69) is 225 Å². The van der Waals surface area contributed by atoms with E-state index in [1.54, 1.807) is 0 Å². The van der Waals surface area contributed by atoms with Crippen LogP contribution in [0.25, 0.3) is 0 Å². The highest BCUT2D eigenvalue weighted by atomic mass is 16.6. The molecule has 100 heavy (non-hydrogen) atoms. The fourth-order valence-electron chi connectivity index (χ4n) is 18.2. The van der Waals surface area contributed by atoms with E-state index in [4.69, 9.17) is 28.4 Å². The summed E-state index contributed by atoms with van der Waals surface area (Å²) in [5, 5.41) is 7.25. The molecule has 0 aromatic rings. The summed E-state index contributed by atoms with van der Waals surface area (Å²) >= 11 is 0. The van der Waals surface area contributed by atoms with Crippen LogP contribution >= 0.6 is 0 Å². The zero-order valence-electron chi connectivity index (χ0n) is 69.4. The van der Waals surface area contributed by atoms with Crippen LogP contribution in [-0.4, -0.2) is 187 Å². The minimum absolute atomic E-state index is 0.000484. The van der Waals surface area contributed by atoms with Gasteiger partial charge in [0.1, 0.15) is 36.6 Å². The largest absolute Gasteiger partial charge is 0.462 e. The van der Waals surface area contributed by atoms with E-state index in [1.807, 2.05) is 0 Å². The molecule has 0 spiro atoms. The van der Waals surface area contributed by atoms with Gasteiger partial charge in [-0.2, -0.15) is 0 Å². The molecule has 582 valence electrons. The van der Waals surface area contributed by atoms with Gasteiger partial charge in [-0.25, -0.2) is 0 Å². The Balaban J connectivity index is 0.000000320. The van der Waals surface area contributed by atoms with Gasteiger partial charge in [-0.3, -0.25) is 48.4 Å². The van der Waals surface area contributed by atoms with Gasteiger partial charge in [0.2, 0.25) is 0 Å². The standard InChI is InChI=1S/C30H56N2O4.C28H52N2O4.C24H44N2O4/c1-27(2)19-23(20-28(3,4)31(27)9)35-25(33)17-15-13-11-12-14-16-18-26(34)36-24-21-29(5,6)32(10)30(7,8)22-24;1-25(2)17-21(18-26(3,4)29-25)33-23(31)15-13-11-9-10-12-14-16-24(32)34-22-19-27(5,6)30-28(7,8)20-22;1-21(2)13-17(14-22(3,4)25(21)9)29-19(27)11-12-20(28)30-18-15-23(5,6)26(10)24(7,8)16-18/h23-24H,11-22H2,1-10H3;21-22,29-30H,9-20H2,1-8H3;17-18H,11-16H2,1-10H3. The highest BCUT2D eigenvalue weighted by Crippen LogP contribution is 2.43. The highest BCUT2D eigenvalue weighted by Gasteiger charge is 2.49. The summed E-state index contributed by atoms with van der Waals surface area (Å²) in [7, 11) is 8.58. The van der Waals surface area contributed by atoms with Gasteiger partial charge in [0.25, 0.3) is 0 Å². The van der Waals surface area contributed by atoms with Crippen LogP contribution in [0.5, 0.6) is 0 Å². The van der Waals surface area contributed by atoms with Crippen molar-refractivity contribution >= 4 is 35.8 Å². The topological polar surface area (TPSA) is 195 Å². The first-order chi connectivity index (χ1) is 45.5. The summed E-state index contributed by atoms with van der Waals surface area (Å²) in [6.07, 6.45) is 24.1. The number of hydrogen-bond acceptors (Lipinski definition) is 18. The van der Waals surface area contributed by atoms with E-state index in [1.165, 1.54) is 0 Å². The number of esters is 6. The molecule has 6 heterocycles. The average Bonchev–Trinajstić information content (AvgIpc) is 0.760. The van der Waals surface area contributed by atoms with Crippen LogP contribution in [0.1, 0.15) is 359 Å². The number of likely N-dealkylation sites (tertiary alicyclic amines) is 4. The Hall–Kier alpha value is -3.42. The highest BCUT2D eigenvalue weighted by molar-refractivity contribution is 5.78. The molecule has 0 atom stereocenters. The van der Waals surface area contributed by atoms with Gasteiger partial charge in [-0.1, -0.05) is 51.4 Å². The molecule has 0 saturated carbocycles. The Morgan fingerprint density at radius 3 is 0.520 bits per heavy atom. The number of ether oxygens (including phenoxy) is 6. The van der Waals surface area contributed by atoms with Crippen molar-refractivity contribution in [2.45, 2.75) is 462 Å². The molecule has 18 nitrogen and oxygen atoms in total. The molecule has 6 saturated heterocycles. The first-order valence-corrected chi connectivity index (χ1v) is 39.2. The molecular formula is C82H152N6O12. The predicted octanol–water partition coefficient (Wildman–Crippen LogP) is 16.5. The number of nitrogens with one attached hydrogen (secondary N) is 2. The van der Waals surface area contributed by atoms with Crippen LogP contribution in [-0.2, 0) is 57.2 Å². The Bertz CT molecular complexity index is 2360. The van der Waals surface area contributed by atoms with Crippen molar-refractivity contribution in [2.24, 2.45) is 0 Å². The molecule has 0 aromatic carbocycles. The third kappa shape index (κ3) is 29.5. The second kappa shape index (κ2) is 35.8. The summed E-state index contributed by atoms with van der Waals surface area (Å²) in [5.41, 5.74) is -0.116. The lowest BCUT2D eigenvalue weighted by atomic mass is 9.78. The fourth-order valence-corrected chi connectivity index (χ4v) is 18.2. The number of nitrogens with zero attached hydrogens (tertiary/aromatic N) is 4. The van der Waals surface area contributed by atoms with E-state index in [0.717, 1.165) is 154 Å². The van der Waals surface area contributed by atoms with Crippen molar-refractivity contribution in [3.63, 3.8) is 0 Å². The molecule has 6 aliphatic heterocycles. The SMILES string of the molecule is CC1(C)CC(OC(=O)CCCCCCCCC(=O)OC2CC(C)(C)NC(C)(C)C2)CC(C)(C)N1.CN1C(C)(C)CC(OC(=O)CCC(=O)OC2CC(C)(C)N(C)C(C)(C)C2)CC1(C)C.CN1C(C)(C)CC(OC(=O)CCCCCCCCC(=O)OC2CC(C)(C)N(C)C(C)(C)C2)CC1(C)C. The fraction of sp³-hybridized carbons (Fsp3) is 0.927. The normalized spacial score (nSPS) is 25.0. The Labute approximate surface area is 610 Å². The van der Waals surface area contributed by atoms with Crippen LogP contribution in [0.4, 0.5) is 0 Å². The van der Waals surface area contributed by atoms with Gasteiger partial charge in [0.05, 0.1) is 12.8 Å². The molecule has 0 radical (unpaired) electrons. The first-order valence-electron chi connectivity index (χ1n) is 39.2. The molecule has 6 aliphatic rings. The summed E-state index contributed by atoms with van der Waals surface area (Å²) in [5.74, 6) is -0.858. The van der Waals surface area contributed by atoms with E-state index in [0.29, 0.717) is 25.7 Å². The van der Waals surface area contributed by atoms with Crippen molar-refractivity contribution in [2.75, 3.05) is 28.2 Å². The number of rotatable bonds is 27. The minimum Gasteiger partial charge on any atom is -0.462 e. The smallest absolute Gasteiger partial charge is 0.306 e.